The third-order valence-corrected chi connectivity index (χ3v) is 4.95. The van der Waals surface area contributed by atoms with E-state index in [0.29, 0.717) is 17.1 Å². The molecule has 2 aromatic carbocycles. The first-order chi connectivity index (χ1) is 14.5. The molecule has 1 heterocycles. The van der Waals surface area contributed by atoms with Gasteiger partial charge in [-0.15, -0.1) is 0 Å². The topological polar surface area (TPSA) is 90.9 Å². The molecule has 0 atom stereocenters. The fraction of sp³-hybridized carbons (Fsp3) is 0.333. The Morgan fingerprint density at radius 1 is 0.968 bits per heavy atom. The maximum absolute atomic E-state index is 12.8. The predicted molar refractivity (Wildman–Crippen MR) is 123 cm³/mol. The van der Waals surface area contributed by atoms with Crippen LogP contribution in [0.3, 0.4) is 0 Å². The summed E-state index contributed by atoms with van der Waals surface area (Å²) in [4.78, 5) is 37.5. The molecule has 1 aliphatic rings. The van der Waals surface area contributed by atoms with Crippen molar-refractivity contribution in [3.63, 3.8) is 0 Å². The van der Waals surface area contributed by atoms with Gasteiger partial charge in [-0.25, -0.2) is 5.01 Å². The minimum absolute atomic E-state index is 0.115. The highest BCUT2D eigenvalue weighted by atomic mass is 16.2. The predicted octanol–water partition coefficient (Wildman–Crippen LogP) is 4.41. The number of hydrazone groups is 1. The summed E-state index contributed by atoms with van der Waals surface area (Å²) in [6.07, 6.45) is 0.480. The van der Waals surface area contributed by atoms with Gasteiger partial charge in [-0.1, -0.05) is 39.0 Å². The molecule has 0 fully saturated rings. The maximum atomic E-state index is 12.8. The molecule has 2 N–H and O–H groups in total. The zero-order valence-electron chi connectivity index (χ0n) is 18.6. The molecule has 1 aliphatic heterocycles. The van der Waals surface area contributed by atoms with Crippen molar-refractivity contribution < 1.29 is 14.4 Å². The smallest absolute Gasteiger partial charge is 0.271 e. The molecule has 0 saturated carbocycles. The van der Waals surface area contributed by atoms with Crippen LogP contribution in [0.25, 0.3) is 0 Å². The molecule has 0 bridgehead atoms. The van der Waals surface area contributed by atoms with Crippen LogP contribution in [-0.2, 0) is 14.4 Å². The second kappa shape index (κ2) is 8.71. The molecule has 3 amide bonds. The highest BCUT2D eigenvalue weighted by Crippen LogP contribution is 2.26. The quantitative estimate of drug-likeness (QED) is 0.768. The number of carbonyl (C=O) groups is 3. The summed E-state index contributed by atoms with van der Waals surface area (Å²) in [6.45, 7) is 9.35. The van der Waals surface area contributed by atoms with Gasteiger partial charge in [0.2, 0.25) is 11.8 Å². The number of benzene rings is 2. The number of amides is 3. The average molecular weight is 421 g/mol. The molecular weight excluding hydrogens is 392 g/mol. The van der Waals surface area contributed by atoms with Gasteiger partial charge in [0.25, 0.3) is 5.91 Å². The second-order valence-electron chi connectivity index (χ2n) is 8.78. The molecule has 0 spiro atoms. The lowest BCUT2D eigenvalue weighted by Gasteiger charge is -2.25. The monoisotopic (exact) mass is 420 g/mol. The summed E-state index contributed by atoms with van der Waals surface area (Å²) in [6, 6.07) is 12.7. The summed E-state index contributed by atoms with van der Waals surface area (Å²) in [7, 11) is 0. The molecule has 0 radical (unpaired) electrons. The molecule has 7 heteroatoms. The fourth-order valence-corrected chi connectivity index (χ4v) is 3.05. The number of rotatable bonds is 4. The first kappa shape index (κ1) is 22.2. The van der Waals surface area contributed by atoms with E-state index in [-0.39, 0.29) is 36.3 Å². The molecule has 3 rings (SSSR count). The summed E-state index contributed by atoms with van der Waals surface area (Å²) >= 11 is 0. The van der Waals surface area contributed by atoms with E-state index < -0.39 is 5.41 Å². The van der Waals surface area contributed by atoms with E-state index in [9.17, 15) is 14.4 Å². The highest BCUT2D eigenvalue weighted by molar-refractivity contribution is 6.44. The van der Waals surface area contributed by atoms with Gasteiger partial charge in [0.05, 0.1) is 5.69 Å². The number of anilines is 3. The standard InChI is InChI=1S/C24H28N4O3/c1-15-9-10-16(2)20(13-15)28-21(29)12-11-19(27-28)22(30)25-17-7-6-8-18(14-17)26-23(31)24(3,4)5/h6-10,13-14H,11-12H2,1-5H3,(H,25,30)(H,26,31). The number of carbonyl (C=O) groups excluding carboxylic acids is 3. The largest absolute Gasteiger partial charge is 0.326 e. The molecule has 2 aromatic rings. The van der Waals surface area contributed by atoms with Crippen LogP contribution in [0.15, 0.2) is 47.6 Å². The summed E-state index contributed by atoms with van der Waals surface area (Å²) < 4.78 is 0. The van der Waals surface area contributed by atoms with E-state index >= 15 is 0 Å². The maximum Gasteiger partial charge on any atom is 0.271 e. The Morgan fingerprint density at radius 3 is 2.32 bits per heavy atom. The van der Waals surface area contributed by atoms with Crippen LogP contribution in [0.4, 0.5) is 17.1 Å². The first-order valence-electron chi connectivity index (χ1n) is 10.2. The number of nitrogens with zero attached hydrogens (tertiary/aromatic N) is 2. The second-order valence-corrected chi connectivity index (χ2v) is 8.78. The third-order valence-electron chi connectivity index (χ3n) is 4.95. The van der Waals surface area contributed by atoms with Crippen molar-refractivity contribution in [3.8, 4) is 0 Å². The van der Waals surface area contributed by atoms with Crippen molar-refractivity contribution >= 4 is 40.5 Å². The van der Waals surface area contributed by atoms with E-state index in [2.05, 4.69) is 15.7 Å². The van der Waals surface area contributed by atoms with Gasteiger partial charge in [0.15, 0.2) is 0 Å². The van der Waals surface area contributed by atoms with Crippen molar-refractivity contribution in [1.82, 2.24) is 0 Å². The van der Waals surface area contributed by atoms with Crippen LogP contribution in [-0.4, -0.2) is 23.4 Å². The number of hydrogen-bond donors (Lipinski definition) is 2. The van der Waals surface area contributed by atoms with Crippen molar-refractivity contribution in [2.75, 3.05) is 15.6 Å². The van der Waals surface area contributed by atoms with Crippen molar-refractivity contribution in [3.05, 3.63) is 53.6 Å². The molecule has 0 unspecified atom stereocenters. The number of nitrogens with one attached hydrogen (secondary N) is 2. The Labute approximate surface area is 182 Å². The van der Waals surface area contributed by atoms with Crippen LogP contribution in [0.1, 0.15) is 44.7 Å². The normalized spacial score (nSPS) is 14.2. The Kier molecular flexibility index (Phi) is 6.24. The zero-order valence-corrected chi connectivity index (χ0v) is 18.6. The van der Waals surface area contributed by atoms with Crippen LogP contribution in [0, 0.1) is 19.3 Å². The molecule has 0 aromatic heterocycles. The van der Waals surface area contributed by atoms with Gasteiger partial charge >= 0.3 is 0 Å². The average Bonchev–Trinajstić information content (AvgIpc) is 2.70. The Bertz CT molecular complexity index is 1070. The van der Waals surface area contributed by atoms with Gasteiger partial charge < -0.3 is 10.6 Å². The van der Waals surface area contributed by atoms with Gasteiger partial charge in [-0.3, -0.25) is 14.4 Å². The number of hydrogen-bond acceptors (Lipinski definition) is 4. The Morgan fingerprint density at radius 2 is 1.65 bits per heavy atom. The lowest BCUT2D eigenvalue weighted by atomic mass is 9.95. The van der Waals surface area contributed by atoms with Crippen LogP contribution < -0.4 is 15.6 Å². The third kappa shape index (κ3) is 5.36. The molecule has 31 heavy (non-hydrogen) atoms. The Balaban J connectivity index is 1.79. The van der Waals surface area contributed by atoms with E-state index in [0.717, 1.165) is 11.1 Å². The summed E-state index contributed by atoms with van der Waals surface area (Å²) in [5, 5.41) is 11.3. The molecular formula is C24H28N4O3. The zero-order chi connectivity index (χ0) is 22.8. The van der Waals surface area contributed by atoms with Gasteiger partial charge in [0, 0.05) is 29.6 Å². The summed E-state index contributed by atoms with van der Waals surface area (Å²) in [5.74, 6) is -0.630. The summed E-state index contributed by atoms with van der Waals surface area (Å²) in [5.41, 5.74) is 3.48. The van der Waals surface area contributed by atoms with E-state index in [1.54, 1.807) is 24.3 Å². The lowest BCUT2D eigenvalue weighted by molar-refractivity contribution is -0.123. The van der Waals surface area contributed by atoms with Gasteiger partial charge in [-0.05, 0) is 49.2 Å². The fourth-order valence-electron chi connectivity index (χ4n) is 3.05. The van der Waals surface area contributed by atoms with E-state index in [4.69, 9.17) is 0 Å². The minimum atomic E-state index is -0.528. The Hall–Kier alpha value is -3.48. The van der Waals surface area contributed by atoms with Crippen LogP contribution >= 0.6 is 0 Å². The number of aryl methyl sites for hydroxylation is 2. The molecule has 7 nitrogen and oxygen atoms in total. The van der Waals surface area contributed by atoms with Crippen molar-refractivity contribution in [2.24, 2.45) is 10.5 Å². The molecule has 162 valence electrons. The van der Waals surface area contributed by atoms with E-state index in [1.807, 2.05) is 52.8 Å². The van der Waals surface area contributed by atoms with Gasteiger partial charge in [-0.2, -0.15) is 5.10 Å². The minimum Gasteiger partial charge on any atom is -0.326 e. The lowest BCUT2D eigenvalue weighted by Crippen LogP contribution is -2.36. The van der Waals surface area contributed by atoms with Gasteiger partial charge in [0.1, 0.15) is 5.71 Å². The van der Waals surface area contributed by atoms with Crippen molar-refractivity contribution in [1.29, 1.82) is 0 Å². The highest BCUT2D eigenvalue weighted by Gasteiger charge is 2.27. The van der Waals surface area contributed by atoms with Crippen LogP contribution in [0.2, 0.25) is 0 Å². The van der Waals surface area contributed by atoms with Crippen LogP contribution in [0.5, 0.6) is 0 Å². The first-order valence-corrected chi connectivity index (χ1v) is 10.2. The SMILES string of the molecule is Cc1ccc(C)c(N2N=C(C(=O)Nc3cccc(NC(=O)C(C)(C)C)c3)CCC2=O)c1. The van der Waals surface area contributed by atoms with E-state index in [1.165, 1.54) is 5.01 Å². The molecule has 0 saturated heterocycles. The van der Waals surface area contributed by atoms with Crippen molar-refractivity contribution in [2.45, 2.75) is 47.5 Å². The molecule has 0 aliphatic carbocycles.